The molecule has 1 N–H and O–H groups in total. The van der Waals surface area contributed by atoms with Crippen LogP contribution >= 0.6 is 22.5 Å². The summed E-state index contributed by atoms with van der Waals surface area (Å²) in [5.74, 6) is 0. The van der Waals surface area contributed by atoms with Gasteiger partial charge in [0.2, 0.25) is 0 Å². The molecule has 0 aromatic rings. The number of piperazine rings is 1. The Balaban J connectivity index is 1.48. The highest BCUT2D eigenvalue weighted by Gasteiger charge is 2.29. The van der Waals surface area contributed by atoms with Crippen molar-refractivity contribution in [2.45, 2.75) is 44.1 Å². The molecule has 1 atom stereocenters. The molecule has 1 aliphatic carbocycles. The van der Waals surface area contributed by atoms with Crippen LogP contribution in [0.15, 0.2) is 0 Å². The third-order valence-electron chi connectivity index (χ3n) is 4.51. The molecule has 1 saturated heterocycles. The number of hydrogen-bond donors (Lipinski definition) is 2. The molecule has 1 unspecified atom stereocenters. The van der Waals surface area contributed by atoms with E-state index in [2.05, 4.69) is 40.6 Å². The smallest absolute Gasteiger partial charge is 0.0605 e. The second-order valence-electron chi connectivity index (χ2n) is 6.28. The van der Waals surface area contributed by atoms with E-state index in [4.69, 9.17) is 4.74 Å². The van der Waals surface area contributed by atoms with Gasteiger partial charge in [-0.25, -0.2) is 0 Å². The summed E-state index contributed by atoms with van der Waals surface area (Å²) in [5, 5.41) is 4.09. The monoisotopic (exact) mass is 333 g/mol. The minimum absolute atomic E-state index is 0.503. The molecule has 1 saturated carbocycles. The summed E-state index contributed by atoms with van der Waals surface area (Å²) in [4.78, 5) is 5.09. The van der Waals surface area contributed by atoms with E-state index in [0.29, 0.717) is 17.4 Å². The summed E-state index contributed by atoms with van der Waals surface area (Å²) in [6.07, 6.45) is 2.89. The highest BCUT2D eigenvalue weighted by Crippen LogP contribution is 2.23. The van der Waals surface area contributed by atoms with Gasteiger partial charge >= 0.3 is 0 Å². The fraction of sp³-hybridized carbons (Fsp3) is 1.00. The van der Waals surface area contributed by atoms with Crippen LogP contribution in [0.2, 0.25) is 0 Å². The predicted octanol–water partition coefficient (Wildman–Crippen LogP) is 1.73. The van der Waals surface area contributed by atoms with Crippen LogP contribution in [0.1, 0.15) is 26.7 Å². The zero-order valence-electron chi connectivity index (χ0n) is 13.5. The topological polar surface area (TPSA) is 27.7 Å². The molecular weight excluding hydrogens is 302 g/mol. The summed E-state index contributed by atoms with van der Waals surface area (Å²) in [5.41, 5.74) is 0. The maximum absolute atomic E-state index is 5.96. The standard InChI is InChI=1S/C15H31N3OS2/c1-3-16-14-10-15(11-14)19-9-8-17-4-6-18(7-5-17)12-13(2)21-20/h13-16,20H,3-12H2,1-2H3/t13?,14-,15-. The van der Waals surface area contributed by atoms with Crippen molar-refractivity contribution in [3.8, 4) is 0 Å². The van der Waals surface area contributed by atoms with Crippen LogP contribution in [0.3, 0.4) is 0 Å². The van der Waals surface area contributed by atoms with E-state index in [-0.39, 0.29) is 0 Å². The lowest BCUT2D eigenvalue weighted by Crippen LogP contribution is -2.49. The quantitative estimate of drug-likeness (QED) is 0.495. The molecule has 124 valence electrons. The van der Waals surface area contributed by atoms with Crippen LogP contribution in [0.4, 0.5) is 0 Å². The molecule has 0 spiro atoms. The van der Waals surface area contributed by atoms with Crippen molar-refractivity contribution < 1.29 is 4.74 Å². The molecule has 0 aromatic heterocycles. The average molecular weight is 334 g/mol. The highest BCUT2D eigenvalue weighted by molar-refractivity contribution is 8.68. The molecule has 4 nitrogen and oxygen atoms in total. The summed E-state index contributed by atoms with van der Waals surface area (Å²) in [6, 6.07) is 0.704. The molecule has 2 aliphatic rings. The van der Waals surface area contributed by atoms with Crippen molar-refractivity contribution in [3.63, 3.8) is 0 Å². The lowest BCUT2D eigenvalue weighted by molar-refractivity contribution is -0.0273. The first kappa shape index (κ1) is 17.9. The third kappa shape index (κ3) is 6.28. The molecule has 0 amide bonds. The van der Waals surface area contributed by atoms with E-state index in [1.807, 2.05) is 0 Å². The van der Waals surface area contributed by atoms with E-state index >= 15 is 0 Å². The maximum atomic E-state index is 5.96. The maximum Gasteiger partial charge on any atom is 0.0605 e. The molecule has 0 bridgehead atoms. The summed E-state index contributed by atoms with van der Waals surface area (Å²) < 4.78 is 5.96. The minimum atomic E-state index is 0.503. The van der Waals surface area contributed by atoms with Crippen LogP contribution in [-0.4, -0.2) is 79.6 Å². The lowest BCUT2D eigenvalue weighted by atomic mass is 9.89. The van der Waals surface area contributed by atoms with Gasteiger partial charge in [0.05, 0.1) is 12.7 Å². The number of nitrogens with one attached hydrogen (secondary N) is 1. The zero-order valence-corrected chi connectivity index (χ0v) is 15.2. The van der Waals surface area contributed by atoms with Crippen molar-refractivity contribution in [3.05, 3.63) is 0 Å². The minimum Gasteiger partial charge on any atom is -0.377 e. The molecule has 2 rings (SSSR count). The van der Waals surface area contributed by atoms with E-state index in [9.17, 15) is 0 Å². The molecule has 1 aliphatic heterocycles. The number of nitrogens with zero attached hydrogens (tertiary/aromatic N) is 2. The molecular formula is C15H31N3OS2. The number of hydrogen-bond acceptors (Lipinski definition) is 6. The first-order valence-electron chi connectivity index (χ1n) is 8.31. The summed E-state index contributed by atoms with van der Waals surface area (Å²) in [6.45, 7) is 13.4. The Bertz CT molecular complexity index is 282. The van der Waals surface area contributed by atoms with Gasteiger partial charge in [0.1, 0.15) is 0 Å². The summed E-state index contributed by atoms with van der Waals surface area (Å²) in [7, 11) is 1.66. The number of rotatable bonds is 9. The molecule has 0 radical (unpaired) electrons. The van der Waals surface area contributed by atoms with Gasteiger partial charge in [0, 0.05) is 50.6 Å². The number of thiol groups is 1. The highest BCUT2D eigenvalue weighted by atomic mass is 33.1. The van der Waals surface area contributed by atoms with E-state index in [1.165, 1.54) is 39.0 Å². The zero-order chi connectivity index (χ0) is 15.1. The fourth-order valence-electron chi connectivity index (χ4n) is 3.10. The van der Waals surface area contributed by atoms with Gasteiger partial charge < -0.3 is 10.1 Å². The predicted molar refractivity (Wildman–Crippen MR) is 95.4 cm³/mol. The van der Waals surface area contributed by atoms with E-state index in [1.54, 1.807) is 10.8 Å². The van der Waals surface area contributed by atoms with E-state index in [0.717, 1.165) is 26.2 Å². The van der Waals surface area contributed by atoms with Gasteiger partial charge in [-0.15, -0.1) is 11.7 Å². The lowest BCUT2D eigenvalue weighted by Gasteiger charge is -2.38. The SMILES string of the molecule is CCN[C@H]1C[C@H](OCCN2CCN(CC(C)SS)CC2)C1. The Morgan fingerprint density at radius 1 is 1.24 bits per heavy atom. The Morgan fingerprint density at radius 2 is 1.90 bits per heavy atom. The first-order chi connectivity index (χ1) is 10.2. The van der Waals surface area contributed by atoms with Crippen LogP contribution in [0.25, 0.3) is 0 Å². The Morgan fingerprint density at radius 3 is 2.52 bits per heavy atom. The van der Waals surface area contributed by atoms with Gasteiger partial charge in [0.25, 0.3) is 0 Å². The van der Waals surface area contributed by atoms with Gasteiger partial charge in [0.15, 0.2) is 0 Å². The average Bonchev–Trinajstić information content (AvgIpc) is 2.46. The third-order valence-corrected chi connectivity index (χ3v) is 6.10. The van der Waals surface area contributed by atoms with Crippen LogP contribution in [-0.2, 0) is 4.74 Å². The van der Waals surface area contributed by atoms with Crippen molar-refractivity contribution in [2.75, 3.05) is 52.4 Å². The van der Waals surface area contributed by atoms with Crippen molar-refractivity contribution >= 4 is 22.5 Å². The van der Waals surface area contributed by atoms with Crippen LogP contribution in [0, 0.1) is 0 Å². The van der Waals surface area contributed by atoms with Gasteiger partial charge in [-0.2, -0.15) is 0 Å². The van der Waals surface area contributed by atoms with Gasteiger partial charge in [-0.3, -0.25) is 9.80 Å². The Kier molecular flexibility index (Phi) is 8.20. The van der Waals surface area contributed by atoms with Crippen LogP contribution in [0.5, 0.6) is 0 Å². The summed E-state index contributed by atoms with van der Waals surface area (Å²) >= 11 is 4.29. The van der Waals surface area contributed by atoms with Crippen molar-refractivity contribution in [2.24, 2.45) is 0 Å². The van der Waals surface area contributed by atoms with Crippen molar-refractivity contribution in [1.29, 1.82) is 0 Å². The van der Waals surface area contributed by atoms with Gasteiger partial charge in [-0.05, 0) is 19.4 Å². The van der Waals surface area contributed by atoms with Crippen LogP contribution < -0.4 is 5.32 Å². The molecule has 0 aromatic carbocycles. The first-order valence-corrected chi connectivity index (χ1v) is 10.2. The van der Waals surface area contributed by atoms with Gasteiger partial charge in [-0.1, -0.05) is 24.6 Å². The molecule has 2 fully saturated rings. The Labute approximate surface area is 139 Å². The largest absolute Gasteiger partial charge is 0.377 e. The van der Waals surface area contributed by atoms with E-state index < -0.39 is 0 Å². The molecule has 1 heterocycles. The fourth-order valence-corrected chi connectivity index (χ4v) is 3.58. The molecule has 6 heteroatoms. The Hall–Kier alpha value is 0.540. The van der Waals surface area contributed by atoms with Crippen molar-refractivity contribution in [1.82, 2.24) is 15.1 Å². The second kappa shape index (κ2) is 9.63. The molecule has 21 heavy (non-hydrogen) atoms. The number of ether oxygens (including phenoxy) is 1. The normalized spacial score (nSPS) is 29.3. The second-order valence-corrected chi connectivity index (χ2v) is 7.93.